The van der Waals surface area contributed by atoms with Gasteiger partial charge in [0, 0.05) is 13.1 Å². The number of likely N-dealkylation sites (tertiary alicyclic amines) is 1. The van der Waals surface area contributed by atoms with Crippen LogP contribution < -0.4 is 10.6 Å². The molecule has 4 N–H and O–H groups in total. The average molecular weight is 245 g/mol. The van der Waals surface area contributed by atoms with Crippen molar-refractivity contribution in [1.82, 2.24) is 15.5 Å². The zero-order valence-corrected chi connectivity index (χ0v) is 9.69. The Labute approximate surface area is 99.8 Å². The summed E-state index contributed by atoms with van der Waals surface area (Å²) in [5, 5.41) is 22.1. The highest BCUT2D eigenvalue weighted by Gasteiger charge is 2.18. The first-order chi connectivity index (χ1) is 8.13. The quantitative estimate of drug-likeness (QED) is 0.472. The van der Waals surface area contributed by atoms with Gasteiger partial charge in [-0.25, -0.2) is 9.59 Å². The van der Waals surface area contributed by atoms with E-state index in [0.717, 1.165) is 19.6 Å². The fraction of sp³-hybridized carbons (Fsp3) is 0.800. The van der Waals surface area contributed by atoms with E-state index >= 15 is 0 Å². The summed E-state index contributed by atoms with van der Waals surface area (Å²) in [5.74, 6) is -1.25. The van der Waals surface area contributed by atoms with Crippen LogP contribution in [0.4, 0.5) is 4.79 Å². The predicted molar refractivity (Wildman–Crippen MR) is 60.7 cm³/mol. The molecule has 1 fully saturated rings. The smallest absolute Gasteiger partial charge is 0.328 e. The van der Waals surface area contributed by atoms with Crippen molar-refractivity contribution in [3.8, 4) is 0 Å². The van der Waals surface area contributed by atoms with Crippen molar-refractivity contribution in [2.45, 2.75) is 18.9 Å². The van der Waals surface area contributed by atoms with Gasteiger partial charge in [0.1, 0.15) is 0 Å². The number of amides is 2. The maximum Gasteiger partial charge on any atom is 0.328 e. The van der Waals surface area contributed by atoms with Gasteiger partial charge in [0.25, 0.3) is 0 Å². The molecule has 1 heterocycles. The van der Waals surface area contributed by atoms with Gasteiger partial charge in [0.05, 0.1) is 6.61 Å². The molecule has 17 heavy (non-hydrogen) atoms. The molecule has 1 aliphatic heterocycles. The number of nitrogens with zero attached hydrogens (tertiary/aromatic N) is 1. The third-order valence-electron chi connectivity index (χ3n) is 2.70. The number of carbonyl (C=O) groups is 2. The standard InChI is InChI=1S/C10H19N3O4/c14-7-8(9(15)16)12-10(17)11-3-6-13-4-1-2-5-13/h8,14H,1-7H2,(H,15,16)(H2,11,12,17)/t8-/m1/s1. The largest absolute Gasteiger partial charge is 0.480 e. The van der Waals surface area contributed by atoms with Crippen LogP contribution in [0.1, 0.15) is 12.8 Å². The number of rotatable bonds is 6. The molecule has 0 aliphatic carbocycles. The second kappa shape index (κ2) is 7.08. The first-order valence-corrected chi connectivity index (χ1v) is 5.74. The molecule has 0 aromatic carbocycles. The molecule has 0 radical (unpaired) electrons. The van der Waals surface area contributed by atoms with Crippen molar-refractivity contribution in [1.29, 1.82) is 0 Å². The number of aliphatic hydroxyl groups excluding tert-OH is 1. The van der Waals surface area contributed by atoms with Gasteiger partial charge in [-0.15, -0.1) is 0 Å². The molecular weight excluding hydrogens is 226 g/mol. The molecule has 0 unspecified atom stereocenters. The first-order valence-electron chi connectivity index (χ1n) is 5.74. The van der Waals surface area contributed by atoms with Crippen LogP contribution in [-0.2, 0) is 4.79 Å². The highest BCUT2D eigenvalue weighted by Crippen LogP contribution is 2.05. The molecule has 2 amide bonds. The van der Waals surface area contributed by atoms with E-state index in [1.807, 2.05) is 0 Å². The Morgan fingerprint density at radius 1 is 1.29 bits per heavy atom. The van der Waals surface area contributed by atoms with Gasteiger partial charge in [-0.1, -0.05) is 0 Å². The summed E-state index contributed by atoms with van der Waals surface area (Å²) in [5.41, 5.74) is 0. The Bertz CT molecular complexity index is 266. The summed E-state index contributed by atoms with van der Waals surface area (Å²) in [6.07, 6.45) is 2.38. The van der Waals surface area contributed by atoms with Gasteiger partial charge < -0.3 is 25.7 Å². The van der Waals surface area contributed by atoms with Gasteiger partial charge in [-0.3, -0.25) is 0 Å². The third kappa shape index (κ3) is 5.01. The van der Waals surface area contributed by atoms with Gasteiger partial charge in [-0.2, -0.15) is 0 Å². The number of carboxylic acid groups (broad SMARTS) is 1. The minimum atomic E-state index is -1.25. The fourth-order valence-corrected chi connectivity index (χ4v) is 1.73. The zero-order valence-electron chi connectivity index (χ0n) is 9.69. The van der Waals surface area contributed by atoms with Crippen molar-refractivity contribution < 1.29 is 19.8 Å². The SMILES string of the molecule is O=C(NCCN1CCCC1)N[C@H](CO)C(=O)O. The summed E-state index contributed by atoms with van der Waals surface area (Å²) in [6, 6.07) is -1.81. The van der Waals surface area contributed by atoms with Crippen LogP contribution in [0.3, 0.4) is 0 Å². The van der Waals surface area contributed by atoms with Crippen molar-refractivity contribution in [2.24, 2.45) is 0 Å². The maximum absolute atomic E-state index is 11.3. The van der Waals surface area contributed by atoms with E-state index < -0.39 is 24.6 Å². The second-order valence-electron chi connectivity index (χ2n) is 4.02. The summed E-state index contributed by atoms with van der Waals surface area (Å²) in [6.45, 7) is 2.73. The monoisotopic (exact) mass is 245 g/mol. The number of carboxylic acids is 1. The van der Waals surface area contributed by atoms with Gasteiger partial charge in [0.2, 0.25) is 0 Å². The van der Waals surface area contributed by atoms with Crippen LogP contribution in [0.5, 0.6) is 0 Å². The lowest BCUT2D eigenvalue weighted by atomic mass is 10.3. The van der Waals surface area contributed by atoms with Crippen LogP contribution >= 0.6 is 0 Å². The van der Waals surface area contributed by atoms with E-state index in [0.29, 0.717) is 6.54 Å². The lowest BCUT2D eigenvalue weighted by molar-refractivity contribution is -0.140. The van der Waals surface area contributed by atoms with E-state index in [1.54, 1.807) is 0 Å². The molecule has 98 valence electrons. The molecule has 7 heteroatoms. The Morgan fingerprint density at radius 3 is 2.47 bits per heavy atom. The first kappa shape index (κ1) is 13.7. The van der Waals surface area contributed by atoms with Crippen molar-refractivity contribution in [3.63, 3.8) is 0 Å². The summed E-state index contributed by atoms with van der Waals surface area (Å²) in [7, 11) is 0. The van der Waals surface area contributed by atoms with Crippen molar-refractivity contribution in [2.75, 3.05) is 32.8 Å². The molecule has 0 aromatic heterocycles. The lowest BCUT2D eigenvalue weighted by Crippen LogP contribution is -2.49. The molecule has 1 atom stereocenters. The Morgan fingerprint density at radius 2 is 1.94 bits per heavy atom. The van der Waals surface area contributed by atoms with E-state index in [-0.39, 0.29) is 0 Å². The van der Waals surface area contributed by atoms with Crippen molar-refractivity contribution >= 4 is 12.0 Å². The number of carbonyl (C=O) groups excluding carboxylic acids is 1. The lowest BCUT2D eigenvalue weighted by Gasteiger charge is -2.16. The Balaban J connectivity index is 2.13. The second-order valence-corrected chi connectivity index (χ2v) is 4.02. The molecule has 1 aliphatic rings. The average Bonchev–Trinajstić information content (AvgIpc) is 2.78. The molecule has 0 aromatic rings. The molecular formula is C10H19N3O4. The number of hydrogen-bond donors (Lipinski definition) is 4. The van der Waals surface area contributed by atoms with E-state index in [4.69, 9.17) is 10.2 Å². The Hall–Kier alpha value is -1.34. The number of urea groups is 1. The van der Waals surface area contributed by atoms with Gasteiger partial charge in [-0.05, 0) is 25.9 Å². The van der Waals surface area contributed by atoms with Crippen LogP contribution in [-0.4, -0.2) is 65.9 Å². The van der Waals surface area contributed by atoms with E-state index in [2.05, 4.69) is 15.5 Å². The number of nitrogens with one attached hydrogen (secondary N) is 2. The molecule has 7 nitrogen and oxygen atoms in total. The van der Waals surface area contributed by atoms with Crippen LogP contribution in [0, 0.1) is 0 Å². The number of hydrogen-bond acceptors (Lipinski definition) is 4. The predicted octanol–water partition coefficient (Wildman–Crippen LogP) is -1.17. The summed E-state index contributed by atoms with van der Waals surface area (Å²) >= 11 is 0. The van der Waals surface area contributed by atoms with Gasteiger partial charge >= 0.3 is 12.0 Å². The minimum Gasteiger partial charge on any atom is -0.480 e. The highest BCUT2D eigenvalue weighted by molar-refractivity contribution is 5.82. The van der Waals surface area contributed by atoms with E-state index in [9.17, 15) is 9.59 Å². The van der Waals surface area contributed by atoms with Crippen LogP contribution in [0.25, 0.3) is 0 Å². The molecule has 0 spiro atoms. The fourth-order valence-electron chi connectivity index (χ4n) is 1.73. The molecule has 1 saturated heterocycles. The highest BCUT2D eigenvalue weighted by atomic mass is 16.4. The van der Waals surface area contributed by atoms with Crippen LogP contribution in [0.15, 0.2) is 0 Å². The zero-order chi connectivity index (χ0) is 12.7. The molecule has 1 rings (SSSR count). The topological polar surface area (TPSA) is 102 Å². The minimum absolute atomic E-state index is 0.476. The Kier molecular flexibility index (Phi) is 5.71. The van der Waals surface area contributed by atoms with Crippen LogP contribution in [0.2, 0.25) is 0 Å². The number of aliphatic hydroxyl groups is 1. The normalized spacial score (nSPS) is 17.7. The van der Waals surface area contributed by atoms with Crippen molar-refractivity contribution in [3.05, 3.63) is 0 Å². The third-order valence-corrected chi connectivity index (χ3v) is 2.70. The molecule has 0 bridgehead atoms. The maximum atomic E-state index is 11.3. The number of aliphatic carboxylic acids is 1. The summed E-state index contributed by atoms with van der Waals surface area (Å²) in [4.78, 5) is 24.1. The summed E-state index contributed by atoms with van der Waals surface area (Å²) < 4.78 is 0. The van der Waals surface area contributed by atoms with E-state index in [1.165, 1.54) is 12.8 Å². The van der Waals surface area contributed by atoms with Gasteiger partial charge in [0.15, 0.2) is 6.04 Å². The molecule has 0 saturated carbocycles.